The fraction of sp³-hybridized carbons (Fsp3) is 0.353. The van der Waals surface area contributed by atoms with Gasteiger partial charge in [-0.05, 0) is 37.5 Å². The summed E-state index contributed by atoms with van der Waals surface area (Å²) in [5, 5.41) is 4.31. The first-order valence-electron chi connectivity index (χ1n) is 7.87. The predicted octanol–water partition coefficient (Wildman–Crippen LogP) is 3.77. The fourth-order valence-corrected chi connectivity index (χ4v) is 3.38. The van der Waals surface area contributed by atoms with Crippen LogP contribution in [0, 0.1) is 6.92 Å². The van der Waals surface area contributed by atoms with E-state index in [1.54, 1.807) is 12.4 Å². The molecule has 7 heteroatoms. The Kier molecular flexibility index (Phi) is 5.58. The number of carbonyl (C=O) groups is 1. The van der Waals surface area contributed by atoms with Crippen LogP contribution in [-0.2, 0) is 4.79 Å². The standard InChI is InChI=1S/C17H19ClN4OS/c1-12-4-5-13(8-14(12)18)21-16(23)10-24-17-9-15(19-11-20-17)22-6-2-3-7-22/h4-5,8-9,11H,2-3,6-7,10H2,1H3,(H,21,23). The van der Waals surface area contributed by atoms with Gasteiger partial charge in [-0.3, -0.25) is 4.79 Å². The van der Waals surface area contributed by atoms with Crippen LogP contribution in [0.2, 0.25) is 5.02 Å². The quantitative estimate of drug-likeness (QED) is 0.648. The highest BCUT2D eigenvalue weighted by Gasteiger charge is 2.14. The van der Waals surface area contributed by atoms with Crippen LogP contribution in [0.3, 0.4) is 0 Å². The van der Waals surface area contributed by atoms with Crippen molar-refractivity contribution in [2.75, 3.05) is 29.1 Å². The number of nitrogens with one attached hydrogen (secondary N) is 1. The molecule has 3 rings (SSSR count). The molecule has 1 saturated heterocycles. The molecule has 1 aliphatic heterocycles. The van der Waals surface area contributed by atoms with Crippen molar-refractivity contribution in [2.45, 2.75) is 24.8 Å². The van der Waals surface area contributed by atoms with Crippen LogP contribution in [0.15, 0.2) is 35.6 Å². The molecular formula is C17H19ClN4OS. The summed E-state index contributed by atoms with van der Waals surface area (Å²) in [7, 11) is 0. The first-order chi connectivity index (χ1) is 11.6. The number of hydrogen-bond acceptors (Lipinski definition) is 5. The highest BCUT2D eigenvalue weighted by Crippen LogP contribution is 2.23. The molecule has 1 aromatic carbocycles. The average molecular weight is 363 g/mol. The van der Waals surface area contributed by atoms with E-state index in [0.717, 1.165) is 29.5 Å². The Morgan fingerprint density at radius 2 is 2.08 bits per heavy atom. The minimum atomic E-state index is -0.0822. The van der Waals surface area contributed by atoms with Crippen LogP contribution in [0.5, 0.6) is 0 Å². The number of anilines is 2. The van der Waals surface area contributed by atoms with Gasteiger partial charge in [-0.15, -0.1) is 0 Å². The molecule has 1 aromatic heterocycles. The molecule has 2 aromatic rings. The van der Waals surface area contributed by atoms with Gasteiger partial charge in [0.2, 0.25) is 5.91 Å². The first-order valence-corrected chi connectivity index (χ1v) is 9.24. The van der Waals surface area contributed by atoms with Gasteiger partial charge >= 0.3 is 0 Å². The molecule has 1 fully saturated rings. The normalized spacial score (nSPS) is 14.0. The lowest BCUT2D eigenvalue weighted by Gasteiger charge is -2.16. The van der Waals surface area contributed by atoms with E-state index in [1.807, 2.05) is 25.1 Å². The van der Waals surface area contributed by atoms with Crippen molar-refractivity contribution in [2.24, 2.45) is 0 Å². The van der Waals surface area contributed by atoms with Crippen LogP contribution in [-0.4, -0.2) is 34.7 Å². The minimum absolute atomic E-state index is 0.0822. The van der Waals surface area contributed by atoms with Gasteiger partial charge < -0.3 is 10.2 Å². The van der Waals surface area contributed by atoms with E-state index in [1.165, 1.54) is 24.6 Å². The number of thioether (sulfide) groups is 1. The summed E-state index contributed by atoms with van der Waals surface area (Å²) >= 11 is 7.48. The maximum absolute atomic E-state index is 12.1. The molecule has 0 atom stereocenters. The van der Waals surface area contributed by atoms with Crippen molar-refractivity contribution < 1.29 is 4.79 Å². The topological polar surface area (TPSA) is 58.1 Å². The van der Waals surface area contributed by atoms with Gasteiger partial charge in [0.05, 0.1) is 5.75 Å². The fourth-order valence-electron chi connectivity index (χ4n) is 2.54. The second kappa shape index (κ2) is 7.85. The summed E-state index contributed by atoms with van der Waals surface area (Å²) in [4.78, 5) is 22.9. The molecule has 0 aliphatic carbocycles. The largest absolute Gasteiger partial charge is 0.356 e. The zero-order valence-corrected chi connectivity index (χ0v) is 15.0. The molecule has 0 bridgehead atoms. The Bertz CT molecular complexity index is 734. The number of amides is 1. The number of aryl methyl sites for hydroxylation is 1. The second-order valence-corrected chi connectivity index (χ2v) is 7.11. The van der Waals surface area contributed by atoms with Crippen molar-refractivity contribution in [3.63, 3.8) is 0 Å². The Balaban J connectivity index is 1.55. The minimum Gasteiger partial charge on any atom is -0.356 e. The van der Waals surface area contributed by atoms with E-state index in [0.29, 0.717) is 16.5 Å². The number of carbonyl (C=O) groups excluding carboxylic acids is 1. The molecule has 0 unspecified atom stereocenters. The van der Waals surface area contributed by atoms with E-state index >= 15 is 0 Å². The van der Waals surface area contributed by atoms with Crippen LogP contribution in [0.1, 0.15) is 18.4 Å². The van der Waals surface area contributed by atoms with Crippen LogP contribution in [0.25, 0.3) is 0 Å². The maximum Gasteiger partial charge on any atom is 0.234 e. The lowest BCUT2D eigenvalue weighted by atomic mass is 10.2. The highest BCUT2D eigenvalue weighted by atomic mass is 35.5. The molecular weight excluding hydrogens is 344 g/mol. The lowest BCUT2D eigenvalue weighted by molar-refractivity contribution is -0.113. The Morgan fingerprint density at radius 3 is 2.83 bits per heavy atom. The molecule has 24 heavy (non-hydrogen) atoms. The van der Waals surface area contributed by atoms with Gasteiger partial charge in [-0.2, -0.15) is 0 Å². The van der Waals surface area contributed by atoms with Gasteiger partial charge in [0.25, 0.3) is 0 Å². The number of hydrogen-bond donors (Lipinski definition) is 1. The third-order valence-corrected chi connectivity index (χ3v) is 5.20. The predicted molar refractivity (Wildman–Crippen MR) is 99.0 cm³/mol. The molecule has 1 aliphatic rings. The smallest absolute Gasteiger partial charge is 0.234 e. The molecule has 1 amide bonds. The van der Waals surface area contributed by atoms with E-state index in [2.05, 4.69) is 20.2 Å². The van der Waals surface area contributed by atoms with Crippen LogP contribution >= 0.6 is 23.4 Å². The zero-order valence-electron chi connectivity index (χ0n) is 13.5. The SMILES string of the molecule is Cc1ccc(NC(=O)CSc2cc(N3CCCC3)ncn2)cc1Cl. The molecule has 0 saturated carbocycles. The number of benzene rings is 1. The van der Waals surface area contributed by atoms with Crippen molar-refractivity contribution in [1.82, 2.24) is 9.97 Å². The van der Waals surface area contributed by atoms with Crippen LogP contribution in [0.4, 0.5) is 11.5 Å². The summed E-state index contributed by atoms with van der Waals surface area (Å²) in [6.45, 7) is 4.00. The third-order valence-electron chi connectivity index (χ3n) is 3.86. The Morgan fingerprint density at radius 1 is 1.29 bits per heavy atom. The lowest BCUT2D eigenvalue weighted by Crippen LogP contribution is -2.19. The summed E-state index contributed by atoms with van der Waals surface area (Å²) < 4.78 is 0. The molecule has 1 N–H and O–H groups in total. The third kappa shape index (κ3) is 4.39. The van der Waals surface area contributed by atoms with Crippen molar-refractivity contribution in [3.05, 3.63) is 41.2 Å². The number of halogens is 1. The van der Waals surface area contributed by atoms with E-state index in [4.69, 9.17) is 11.6 Å². The molecule has 0 radical (unpaired) electrons. The maximum atomic E-state index is 12.1. The van der Waals surface area contributed by atoms with Gasteiger partial charge in [0.15, 0.2) is 0 Å². The number of aromatic nitrogens is 2. The summed E-state index contributed by atoms with van der Waals surface area (Å²) in [5.74, 6) is 1.15. The van der Waals surface area contributed by atoms with E-state index in [9.17, 15) is 4.79 Å². The van der Waals surface area contributed by atoms with Crippen molar-refractivity contribution >= 4 is 40.8 Å². The first kappa shape index (κ1) is 17.0. The van der Waals surface area contributed by atoms with Gasteiger partial charge in [0.1, 0.15) is 17.2 Å². The van der Waals surface area contributed by atoms with Crippen molar-refractivity contribution in [3.8, 4) is 0 Å². The highest BCUT2D eigenvalue weighted by molar-refractivity contribution is 7.99. The Hall–Kier alpha value is -1.79. The summed E-state index contributed by atoms with van der Waals surface area (Å²) in [6, 6.07) is 7.44. The molecule has 5 nitrogen and oxygen atoms in total. The summed E-state index contributed by atoms with van der Waals surface area (Å²) in [6.07, 6.45) is 3.97. The monoisotopic (exact) mass is 362 g/mol. The van der Waals surface area contributed by atoms with Crippen LogP contribution < -0.4 is 10.2 Å². The zero-order chi connectivity index (χ0) is 16.9. The van der Waals surface area contributed by atoms with Gasteiger partial charge in [0, 0.05) is 29.9 Å². The second-order valence-electron chi connectivity index (χ2n) is 5.71. The van der Waals surface area contributed by atoms with Crippen molar-refractivity contribution in [1.29, 1.82) is 0 Å². The molecule has 0 spiro atoms. The number of rotatable bonds is 5. The number of nitrogens with zero attached hydrogens (tertiary/aromatic N) is 3. The molecule has 2 heterocycles. The van der Waals surface area contributed by atoms with E-state index in [-0.39, 0.29) is 5.91 Å². The molecule has 126 valence electrons. The van der Waals surface area contributed by atoms with Gasteiger partial charge in [-0.25, -0.2) is 9.97 Å². The van der Waals surface area contributed by atoms with Gasteiger partial charge in [-0.1, -0.05) is 29.4 Å². The average Bonchev–Trinajstić information content (AvgIpc) is 3.11. The Labute approximate surface area is 150 Å². The van der Waals surface area contributed by atoms with E-state index < -0.39 is 0 Å². The summed E-state index contributed by atoms with van der Waals surface area (Å²) in [5.41, 5.74) is 1.69.